The Kier molecular flexibility index (Phi) is 4.10. The zero-order chi connectivity index (χ0) is 15.4. The largest absolute Gasteiger partial charge is 0.463 e. The van der Waals surface area contributed by atoms with Crippen LogP contribution in [0.15, 0.2) is 72.8 Å². The highest BCUT2D eigenvalue weighted by atomic mass is 16.5. The minimum Gasteiger partial charge on any atom is -0.463 e. The molecule has 1 unspecified atom stereocenters. The van der Waals surface area contributed by atoms with Gasteiger partial charge < -0.3 is 4.74 Å². The van der Waals surface area contributed by atoms with Gasteiger partial charge >= 0.3 is 5.97 Å². The van der Waals surface area contributed by atoms with Gasteiger partial charge in [0.05, 0.1) is 6.61 Å². The molecule has 2 aromatic carbocycles. The highest BCUT2D eigenvalue weighted by Gasteiger charge is 2.54. The predicted octanol–water partition coefficient (Wildman–Crippen LogP) is 4.11. The van der Waals surface area contributed by atoms with Gasteiger partial charge in [0, 0.05) is 11.5 Å². The van der Waals surface area contributed by atoms with Gasteiger partial charge in [0.15, 0.2) is 0 Å². The fourth-order valence-electron chi connectivity index (χ4n) is 3.21. The molecule has 0 bridgehead atoms. The smallest absolute Gasteiger partial charge is 0.330 e. The molecule has 2 nitrogen and oxygen atoms in total. The van der Waals surface area contributed by atoms with Crippen molar-refractivity contribution in [3.8, 4) is 0 Å². The summed E-state index contributed by atoms with van der Waals surface area (Å²) in [6, 6.07) is 21.1. The highest BCUT2D eigenvalue weighted by molar-refractivity contribution is 5.82. The molecule has 0 heterocycles. The lowest BCUT2D eigenvalue weighted by atomic mass is 9.85. The maximum atomic E-state index is 11.6. The zero-order valence-corrected chi connectivity index (χ0v) is 12.7. The lowest BCUT2D eigenvalue weighted by Crippen LogP contribution is -2.11. The molecular weight excluding hydrogens is 272 g/mol. The molecule has 0 aliphatic heterocycles. The van der Waals surface area contributed by atoms with Crippen molar-refractivity contribution in [3.63, 3.8) is 0 Å². The van der Waals surface area contributed by atoms with Gasteiger partial charge in [0.1, 0.15) is 0 Å². The Labute approximate surface area is 131 Å². The second kappa shape index (κ2) is 6.18. The number of carbonyl (C=O) groups excluding carboxylic acids is 1. The van der Waals surface area contributed by atoms with Crippen LogP contribution in [0, 0.1) is 5.92 Å². The van der Waals surface area contributed by atoms with Crippen LogP contribution >= 0.6 is 0 Å². The molecule has 0 saturated heterocycles. The maximum Gasteiger partial charge on any atom is 0.330 e. The SMILES string of the molecule is CCOC(=O)/C=C/C1CC1(c1ccccc1)c1ccccc1. The standard InChI is InChI=1S/C20H20O2/c1-2-22-19(21)14-13-18-15-20(18,16-9-5-3-6-10-16)17-11-7-4-8-12-17/h3-14,18H,2,15H2,1H3/b14-13+. The van der Waals surface area contributed by atoms with Gasteiger partial charge in [-0.3, -0.25) is 0 Å². The Balaban J connectivity index is 1.90. The molecule has 0 spiro atoms. The van der Waals surface area contributed by atoms with Crippen molar-refractivity contribution in [2.75, 3.05) is 6.61 Å². The molecular formula is C20H20O2. The van der Waals surface area contributed by atoms with Gasteiger partial charge in [-0.2, -0.15) is 0 Å². The summed E-state index contributed by atoms with van der Waals surface area (Å²) in [5.74, 6) is 0.0751. The molecule has 1 aliphatic rings. The Morgan fingerprint density at radius 1 is 1.09 bits per heavy atom. The minimum atomic E-state index is -0.260. The monoisotopic (exact) mass is 292 g/mol. The summed E-state index contributed by atoms with van der Waals surface area (Å²) in [4.78, 5) is 11.6. The van der Waals surface area contributed by atoms with E-state index in [1.54, 1.807) is 6.08 Å². The number of esters is 1. The van der Waals surface area contributed by atoms with E-state index in [0.717, 1.165) is 6.42 Å². The summed E-state index contributed by atoms with van der Waals surface area (Å²) in [5, 5.41) is 0. The van der Waals surface area contributed by atoms with E-state index in [0.29, 0.717) is 12.5 Å². The van der Waals surface area contributed by atoms with Crippen LogP contribution in [0.4, 0.5) is 0 Å². The Hall–Kier alpha value is -2.35. The zero-order valence-electron chi connectivity index (χ0n) is 12.7. The second-order valence-corrected chi connectivity index (χ2v) is 5.63. The Bertz CT molecular complexity index is 619. The summed E-state index contributed by atoms with van der Waals surface area (Å²) in [5.41, 5.74) is 2.60. The van der Waals surface area contributed by atoms with Crippen molar-refractivity contribution >= 4 is 5.97 Å². The van der Waals surface area contributed by atoms with Gasteiger partial charge in [0.25, 0.3) is 0 Å². The third kappa shape index (κ3) is 2.69. The van der Waals surface area contributed by atoms with E-state index in [2.05, 4.69) is 48.5 Å². The van der Waals surface area contributed by atoms with Crippen molar-refractivity contribution in [1.82, 2.24) is 0 Å². The number of allylic oxidation sites excluding steroid dienone is 1. The van der Waals surface area contributed by atoms with Crippen molar-refractivity contribution < 1.29 is 9.53 Å². The van der Waals surface area contributed by atoms with Crippen molar-refractivity contribution in [1.29, 1.82) is 0 Å². The van der Waals surface area contributed by atoms with Crippen LogP contribution < -0.4 is 0 Å². The van der Waals surface area contributed by atoms with Crippen LogP contribution in [0.3, 0.4) is 0 Å². The molecule has 1 saturated carbocycles. The molecule has 2 heteroatoms. The van der Waals surface area contributed by atoms with Gasteiger partial charge in [0.2, 0.25) is 0 Å². The molecule has 3 rings (SSSR count). The number of ether oxygens (including phenoxy) is 1. The van der Waals surface area contributed by atoms with E-state index in [1.165, 1.54) is 11.1 Å². The van der Waals surface area contributed by atoms with E-state index < -0.39 is 0 Å². The van der Waals surface area contributed by atoms with Gasteiger partial charge in [-0.15, -0.1) is 0 Å². The molecule has 0 N–H and O–H groups in total. The normalized spacial score (nSPS) is 19.0. The van der Waals surface area contributed by atoms with Crippen LogP contribution in [0.2, 0.25) is 0 Å². The molecule has 1 aliphatic carbocycles. The molecule has 112 valence electrons. The minimum absolute atomic E-state index is 0.00842. The molecule has 0 aromatic heterocycles. The maximum absolute atomic E-state index is 11.6. The van der Waals surface area contributed by atoms with Crippen molar-refractivity contribution in [2.24, 2.45) is 5.92 Å². The molecule has 22 heavy (non-hydrogen) atoms. The lowest BCUT2D eigenvalue weighted by Gasteiger charge is -2.18. The Morgan fingerprint density at radius 2 is 1.64 bits per heavy atom. The lowest BCUT2D eigenvalue weighted by molar-refractivity contribution is -0.137. The second-order valence-electron chi connectivity index (χ2n) is 5.63. The average molecular weight is 292 g/mol. The molecule has 1 fully saturated rings. The topological polar surface area (TPSA) is 26.3 Å². The summed E-state index contributed by atoms with van der Waals surface area (Å²) in [7, 11) is 0. The number of benzene rings is 2. The summed E-state index contributed by atoms with van der Waals surface area (Å²) in [6.45, 7) is 2.23. The first-order valence-electron chi connectivity index (χ1n) is 7.73. The first kappa shape index (κ1) is 14.6. The van der Waals surface area contributed by atoms with E-state index in [1.807, 2.05) is 25.1 Å². The van der Waals surface area contributed by atoms with Crippen LogP contribution in [0.5, 0.6) is 0 Å². The number of carbonyl (C=O) groups is 1. The van der Waals surface area contributed by atoms with Crippen LogP contribution in [0.25, 0.3) is 0 Å². The molecule has 1 atom stereocenters. The summed E-state index contributed by atoms with van der Waals surface area (Å²) < 4.78 is 4.97. The van der Waals surface area contributed by atoms with Crippen LogP contribution in [-0.2, 0) is 14.9 Å². The number of hydrogen-bond donors (Lipinski definition) is 0. The van der Waals surface area contributed by atoms with Crippen molar-refractivity contribution in [2.45, 2.75) is 18.8 Å². The molecule has 2 aromatic rings. The fourth-order valence-corrected chi connectivity index (χ4v) is 3.21. The van der Waals surface area contributed by atoms with Gasteiger partial charge in [-0.25, -0.2) is 4.79 Å². The molecule has 0 amide bonds. The summed E-state index contributed by atoms with van der Waals surface area (Å²) >= 11 is 0. The quantitative estimate of drug-likeness (QED) is 0.612. The van der Waals surface area contributed by atoms with E-state index in [9.17, 15) is 4.79 Å². The van der Waals surface area contributed by atoms with E-state index >= 15 is 0 Å². The summed E-state index contributed by atoms with van der Waals surface area (Å²) in [6.07, 6.45) is 4.59. The number of hydrogen-bond acceptors (Lipinski definition) is 2. The first-order chi connectivity index (χ1) is 10.8. The first-order valence-corrected chi connectivity index (χ1v) is 7.73. The van der Waals surface area contributed by atoms with E-state index in [-0.39, 0.29) is 11.4 Å². The van der Waals surface area contributed by atoms with Crippen LogP contribution in [-0.4, -0.2) is 12.6 Å². The third-order valence-corrected chi connectivity index (χ3v) is 4.34. The molecule has 0 radical (unpaired) electrons. The van der Waals surface area contributed by atoms with Gasteiger partial charge in [-0.05, 0) is 30.4 Å². The fraction of sp³-hybridized carbons (Fsp3) is 0.250. The predicted molar refractivity (Wildman–Crippen MR) is 87.5 cm³/mol. The average Bonchev–Trinajstić information content (AvgIpc) is 3.31. The third-order valence-electron chi connectivity index (χ3n) is 4.34. The highest BCUT2D eigenvalue weighted by Crippen LogP contribution is 2.59. The van der Waals surface area contributed by atoms with Crippen LogP contribution in [0.1, 0.15) is 24.5 Å². The van der Waals surface area contributed by atoms with E-state index in [4.69, 9.17) is 4.74 Å². The van der Waals surface area contributed by atoms with Crippen molar-refractivity contribution in [3.05, 3.63) is 83.9 Å². The Morgan fingerprint density at radius 3 is 2.14 bits per heavy atom. The van der Waals surface area contributed by atoms with Gasteiger partial charge in [-0.1, -0.05) is 66.7 Å². The number of rotatable bonds is 5.